The molecule has 0 unspecified atom stereocenters. The molecule has 1 heterocycles. The predicted molar refractivity (Wildman–Crippen MR) is 65.5 cm³/mol. The van der Waals surface area contributed by atoms with Crippen molar-refractivity contribution in [3.05, 3.63) is 0 Å². The molecule has 0 N–H and O–H groups in total. The van der Waals surface area contributed by atoms with E-state index in [0.29, 0.717) is 6.54 Å². The van der Waals surface area contributed by atoms with E-state index >= 15 is 0 Å². The summed E-state index contributed by atoms with van der Waals surface area (Å²) in [5.41, 5.74) is 0. The Morgan fingerprint density at radius 1 is 0.941 bits per heavy atom. The summed E-state index contributed by atoms with van der Waals surface area (Å²) in [6.07, 6.45) is 8.35. The molecule has 0 aliphatic carbocycles. The van der Waals surface area contributed by atoms with Crippen molar-refractivity contribution in [3.8, 4) is 0 Å². The highest BCUT2D eigenvalue weighted by Gasteiger charge is 2.25. The minimum Gasteiger partial charge on any atom is -0.362 e. The van der Waals surface area contributed by atoms with Crippen molar-refractivity contribution in [3.63, 3.8) is 0 Å². The Balaban J connectivity index is 2.05. The first kappa shape index (κ1) is 14.2. The molecule has 0 radical (unpaired) electrons. The van der Waals surface area contributed by atoms with Gasteiger partial charge >= 0.3 is 0 Å². The lowest BCUT2D eigenvalue weighted by atomic mass is 10.1. The molecule has 0 aromatic rings. The molecule has 4 heteroatoms. The van der Waals surface area contributed by atoms with Crippen molar-refractivity contribution in [2.75, 3.05) is 19.8 Å². The molecule has 1 aliphatic heterocycles. The van der Waals surface area contributed by atoms with Crippen LogP contribution in [0.3, 0.4) is 0 Å². The molecule has 0 atom stereocenters. The first-order valence-corrected chi connectivity index (χ1v) is 6.66. The van der Waals surface area contributed by atoms with Crippen molar-refractivity contribution in [2.45, 2.75) is 51.9 Å². The number of morpholine rings is 1. The van der Waals surface area contributed by atoms with E-state index in [2.05, 4.69) is 6.92 Å². The van der Waals surface area contributed by atoms with Crippen LogP contribution in [0.2, 0.25) is 0 Å². The van der Waals surface area contributed by atoms with Gasteiger partial charge in [0.05, 0.1) is 0 Å². The fourth-order valence-corrected chi connectivity index (χ4v) is 2.00. The van der Waals surface area contributed by atoms with Gasteiger partial charge in [-0.05, 0) is 6.42 Å². The number of unbranched alkanes of at least 4 members (excludes halogenated alkanes) is 6. The third-order valence-electron chi connectivity index (χ3n) is 3.04. The molecule has 0 spiro atoms. The fourth-order valence-electron chi connectivity index (χ4n) is 2.00. The molecule has 0 bridgehead atoms. The van der Waals surface area contributed by atoms with E-state index in [4.69, 9.17) is 4.74 Å². The van der Waals surface area contributed by atoms with Gasteiger partial charge in [0, 0.05) is 6.54 Å². The molecular weight excluding hydrogens is 218 g/mol. The number of carbonyl (C=O) groups excluding carboxylic acids is 2. The highest BCUT2D eigenvalue weighted by molar-refractivity contribution is 5.98. The molecule has 1 rings (SSSR count). The average Bonchev–Trinajstić information content (AvgIpc) is 2.31. The number of hydrogen-bond acceptors (Lipinski definition) is 3. The summed E-state index contributed by atoms with van der Waals surface area (Å²) in [5, 5.41) is 0. The molecule has 1 saturated heterocycles. The minimum atomic E-state index is -0.188. The SMILES string of the molecule is CCCCCCCCCN1C(=O)COCC1=O. The summed E-state index contributed by atoms with van der Waals surface area (Å²) >= 11 is 0. The van der Waals surface area contributed by atoms with E-state index < -0.39 is 0 Å². The molecule has 0 saturated carbocycles. The van der Waals surface area contributed by atoms with Crippen LogP contribution in [0.25, 0.3) is 0 Å². The standard InChI is InChI=1S/C13H23NO3/c1-2-3-4-5-6-7-8-9-14-12(15)10-17-11-13(14)16/h2-11H2,1H3. The maximum Gasteiger partial charge on any atom is 0.255 e. The number of hydrogen-bond donors (Lipinski definition) is 0. The van der Waals surface area contributed by atoms with Crippen LogP contribution in [0, 0.1) is 0 Å². The van der Waals surface area contributed by atoms with Crippen molar-refractivity contribution >= 4 is 11.8 Å². The van der Waals surface area contributed by atoms with E-state index in [1.807, 2.05) is 0 Å². The topological polar surface area (TPSA) is 46.6 Å². The Morgan fingerprint density at radius 2 is 1.47 bits per heavy atom. The lowest BCUT2D eigenvalue weighted by molar-refractivity contribution is -0.158. The van der Waals surface area contributed by atoms with Crippen LogP contribution in [-0.4, -0.2) is 36.5 Å². The Labute approximate surface area is 103 Å². The first-order chi connectivity index (χ1) is 8.25. The molecule has 2 amide bonds. The first-order valence-electron chi connectivity index (χ1n) is 6.66. The van der Waals surface area contributed by atoms with Crippen molar-refractivity contribution < 1.29 is 14.3 Å². The van der Waals surface area contributed by atoms with Gasteiger partial charge in [-0.2, -0.15) is 0 Å². The predicted octanol–water partition coefficient (Wildman–Crippen LogP) is 2.12. The molecule has 17 heavy (non-hydrogen) atoms. The maximum atomic E-state index is 11.4. The van der Waals surface area contributed by atoms with Crippen LogP contribution in [0.4, 0.5) is 0 Å². The van der Waals surface area contributed by atoms with Gasteiger partial charge in [-0.25, -0.2) is 0 Å². The fraction of sp³-hybridized carbons (Fsp3) is 0.846. The van der Waals surface area contributed by atoms with Gasteiger partial charge in [-0.15, -0.1) is 0 Å². The maximum absolute atomic E-state index is 11.4. The number of carbonyl (C=O) groups is 2. The smallest absolute Gasteiger partial charge is 0.255 e. The van der Waals surface area contributed by atoms with Crippen LogP contribution in [-0.2, 0) is 14.3 Å². The van der Waals surface area contributed by atoms with Gasteiger partial charge in [0.25, 0.3) is 11.8 Å². The Hall–Kier alpha value is -0.900. The van der Waals surface area contributed by atoms with Crippen molar-refractivity contribution in [2.24, 2.45) is 0 Å². The van der Waals surface area contributed by atoms with Gasteiger partial charge in [-0.1, -0.05) is 45.4 Å². The van der Waals surface area contributed by atoms with Gasteiger partial charge in [0.1, 0.15) is 13.2 Å². The van der Waals surface area contributed by atoms with Crippen LogP contribution in [0.1, 0.15) is 51.9 Å². The van der Waals surface area contributed by atoms with Gasteiger partial charge in [0.15, 0.2) is 0 Å². The second-order valence-corrected chi connectivity index (χ2v) is 4.55. The second-order valence-electron chi connectivity index (χ2n) is 4.55. The molecule has 0 aromatic carbocycles. The minimum absolute atomic E-state index is 0.0578. The van der Waals surface area contributed by atoms with E-state index in [1.54, 1.807) is 0 Å². The van der Waals surface area contributed by atoms with E-state index in [-0.39, 0.29) is 25.0 Å². The normalized spacial score (nSPS) is 16.6. The van der Waals surface area contributed by atoms with Crippen molar-refractivity contribution in [1.29, 1.82) is 0 Å². The van der Waals surface area contributed by atoms with Gasteiger partial charge < -0.3 is 4.74 Å². The second kappa shape index (κ2) is 8.23. The highest BCUT2D eigenvalue weighted by Crippen LogP contribution is 2.09. The Morgan fingerprint density at radius 3 is 2.06 bits per heavy atom. The van der Waals surface area contributed by atoms with E-state index in [9.17, 15) is 9.59 Å². The third-order valence-corrected chi connectivity index (χ3v) is 3.04. The molecule has 4 nitrogen and oxygen atoms in total. The molecule has 0 aromatic heterocycles. The molecule has 1 fully saturated rings. The summed E-state index contributed by atoms with van der Waals surface area (Å²) in [6.45, 7) is 2.88. The Kier molecular flexibility index (Phi) is 6.86. The van der Waals surface area contributed by atoms with E-state index in [0.717, 1.165) is 12.8 Å². The zero-order valence-corrected chi connectivity index (χ0v) is 10.7. The summed E-state index contributed by atoms with van der Waals surface area (Å²) in [6, 6.07) is 0. The molecule has 98 valence electrons. The quantitative estimate of drug-likeness (QED) is 0.483. The highest BCUT2D eigenvalue weighted by atomic mass is 16.5. The van der Waals surface area contributed by atoms with Gasteiger partial charge in [0.2, 0.25) is 0 Å². The third kappa shape index (κ3) is 5.31. The number of amides is 2. The largest absolute Gasteiger partial charge is 0.362 e. The van der Waals surface area contributed by atoms with Crippen LogP contribution < -0.4 is 0 Å². The van der Waals surface area contributed by atoms with Crippen LogP contribution in [0.5, 0.6) is 0 Å². The van der Waals surface area contributed by atoms with Gasteiger partial charge in [-0.3, -0.25) is 14.5 Å². The number of ether oxygens (including phenoxy) is 1. The summed E-state index contributed by atoms with van der Waals surface area (Å²) in [7, 11) is 0. The zero-order chi connectivity index (χ0) is 12.5. The monoisotopic (exact) mass is 241 g/mol. The zero-order valence-electron chi connectivity index (χ0n) is 10.7. The average molecular weight is 241 g/mol. The van der Waals surface area contributed by atoms with Crippen LogP contribution >= 0.6 is 0 Å². The van der Waals surface area contributed by atoms with Crippen LogP contribution in [0.15, 0.2) is 0 Å². The number of imide groups is 1. The van der Waals surface area contributed by atoms with Crippen molar-refractivity contribution in [1.82, 2.24) is 4.90 Å². The lowest BCUT2D eigenvalue weighted by Gasteiger charge is -2.24. The summed E-state index contributed by atoms with van der Waals surface area (Å²) in [5.74, 6) is -0.375. The number of rotatable bonds is 8. The summed E-state index contributed by atoms with van der Waals surface area (Å²) in [4.78, 5) is 24.1. The number of nitrogens with zero attached hydrogens (tertiary/aromatic N) is 1. The molecular formula is C13H23NO3. The molecule has 1 aliphatic rings. The summed E-state index contributed by atoms with van der Waals surface area (Å²) < 4.78 is 4.86. The lowest BCUT2D eigenvalue weighted by Crippen LogP contribution is -2.46. The Bertz CT molecular complexity index is 237. The van der Waals surface area contributed by atoms with E-state index in [1.165, 1.54) is 37.0 Å².